The van der Waals surface area contributed by atoms with E-state index in [1.165, 1.54) is 0 Å². The Morgan fingerprint density at radius 1 is 1.14 bits per heavy atom. The van der Waals surface area contributed by atoms with Crippen molar-refractivity contribution in [3.63, 3.8) is 0 Å². The number of anilines is 2. The van der Waals surface area contributed by atoms with Crippen LogP contribution < -0.4 is 10.2 Å². The molecule has 3 aromatic rings. The first kappa shape index (κ1) is 18.5. The van der Waals surface area contributed by atoms with Gasteiger partial charge in [-0.15, -0.1) is 0 Å². The Labute approximate surface area is 164 Å². The van der Waals surface area contributed by atoms with Crippen molar-refractivity contribution in [2.24, 2.45) is 0 Å². The van der Waals surface area contributed by atoms with E-state index >= 15 is 0 Å². The second kappa shape index (κ2) is 7.28. The second-order valence-corrected chi connectivity index (χ2v) is 7.53. The molecule has 146 valence electrons. The van der Waals surface area contributed by atoms with Crippen molar-refractivity contribution >= 4 is 28.4 Å². The highest BCUT2D eigenvalue weighted by atomic mass is 16.5. The molecule has 2 unspecified atom stereocenters. The summed E-state index contributed by atoms with van der Waals surface area (Å²) in [5, 5.41) is 3.86. The van der Waals surface area contributed by atoms with Crippen molar-refractivity contribution in [2.45, 2.75) is 39.9 Å². The first-order valence-electron chi connectivity index (χ1n) is 9.59. The van der Waals surface area contributed by atoms with Crippen LogP contribution in [0.5, 0.6) is 0 Å². The van der Waals surface area contributed by atoms with E-state index in [0.29, 0.717) is 11.4 Å². The number of nitrogens with zero attached hydrogens (tertiary/aromatic N) is 2. The van der Waals surface area contributed by atoms with Crippen LogP contribution in [-0.4, -0.2) is 36.2 Å². The molecular formula is C22H25N3O3. The number of fused-ring (bicyclic) bond motifs is 1. The molecule has 1 aromatic carbocycles. The average molecular weight is 379 g/mol. The number of aryl methyl sites for hydroxylation is 2. The molecule has 28 heavy (non-hydrogen) atoms. The molecular weight excluding hydrogens is 354 g/mol. The lowest BCUT2D eigenvalue weighted by atomic mass is 10.1. The largest absolute Gasteiger partial charge is 0.450 e. The van der Waals surface area contributed by atoms with Gasteiger partial charge in [0.2, 0.25) is 0 Å². The van der Waals surface area contributed by atoms with Crippen LogP contribution in [0.15, 0.2) is 40.9 Å². The number of aromatic nitrogens is 1. The summed E-state index contributed by atoms with van der Waals surface area (Å²) in [5.41, 5.74) is 3.26. The Balaban J connectivity index is 1.51. The zero-order valence-electron chi connectivity index (χ0n) is 16.7. The molecule has 1 saturated heterocycles. The fraction of sp³-hybridized carbons (Fsp3) is 0.364. The Bertz CT molecular complexity index is 1000. The van der Waals surface area contributed by atoms with Gasteiger partial charge in [0.15, 0.2) is 5.76 Å². The summed E-state index contributed by atoms with van der Waals surface area (Å²) >= 11 is 0. The highest BCUT2D eigenvalue weighted by Gasteiger charge is 2.23. The lowest BCUT2D eigenvalue weighted by Crippen LogP contribution is -2.45. The zero-order chi connectivity index (χ0) is 19.8. The summed E-state index contributed by atoms with van der Waals surface area (Å²) < 4.78 is 11.6. The molecule has 3 heterocycles. The van der Waals surface area contributed by atoms with Crippen LogP contribution in [0, 0.1) is 13.8 Å². The number of carbonyl (C=O) groups is 1. The molecule has 2 atom stereocenters. The van der Waals surface area contributed by atoms with Crippen molar-refractivity contribution in [2.75, 3.05) is 23.3 Å². The molecule has 0 radical (unpaired) electrons. The third kappa shape index (κ3) is 3.47. The number of rotatable bonds is 3. The number of amides is 1. The molecule has 6 heteroatoms. The number of carbonyl (C=O) groups excluding carboxylic acids is 1. The van der Waals surface area contributed by atoms with E-state index in [4.69, 9.17) is 9.15 Å². The third-order valence-corrected chi connectivity index (χ3v) is 5.12. The van der Waals surface area contributed by atoms with Gasteiger partial charge in [0.25, 0.3) is 5.91 Å². The zero-order valence-corrected chi connectivity index (χ0v) is 16.7. The highest BCUT2D eigenvalue weighted by Crippen LogP contribution is 2.28. The predicted molar refractivity (Wildman–Crippen MR) is 110 cm³/mol. The second-order valence-electron chi connectivity index (χ2n) is 7.53. The summed E-state index contributed by atoms with van der Waals surface area (Å²) in [6.45, 7) is 9.62. The number of furan rings is 1. The minimum Gasteiger partial charge on any atom is -0.450 e. The standard InChI is InChI=1S/C22H25N3O3/c1-13-6-5-7-18-16(4)21(28-20(13)18)22(26)24-17-8-9-19(23-10-17)25-11-14(2)27-15(3)12-25/h5-10,14-15H,11-12H2,1-4H3,(H,24,26). The predicted octanol–water partition coefficient (Wildman–Crippen LogP) is 4.31. The Hall–Kier alpha value is -2.86. The van der Waals surface area contributed by atoms with Crippen molar-refractivity contribution in [1.29, 1.82) is 0 Å². The number of pyridine rings is 1. The van der Waals surface area contributed by atoms with Gasteiger partial charge in [-0.2, -0.15) is 0 Å². The summed E-state index contributed by atoms with van der Waals surface area (Å²) in [6, 6.07) is 9.71. The van der Waals surface area contributed by atoms with E-state index in [9.17, 15) is 4.79 Å². The molecule has 0 bridgehead atoms. The van der Waals surface area contributed by atoms with Crippen molar-refractivity contribution in [1.82, 2.24) is 4.98 Å². The molecule has 0 aliphatic carbocycles. The van der Waals surface area contributed by atoms with E-state index in [0.717, 1.165) is 41.0 Å². The van der Waals surface area contributed by atoms with E-state index < -0.39 is 0 Å². The SMILES string of the molecule is Cc1c(C(=O)Nc2ccc(N3CC(C)OC(C)C3)nc2)oc2c(C)cccc12. The van der Waals surface area contributed by atoms with Crippen LogP contribution in [0.1, 0.15) is 35.5 Å². The van der Waals surface area contributed by atoms with Gasteiger partial charge in [-0.05, 0) is 45.4 Å². The van der Waals surface area contributed by atoms with Crippen LogP contribution in [0.3, 0.4) is 0 Å². The molecule has 1 fully saturated rings. The number of hydrogen-bond acceptors (Lipinski definition) is 5. The fourth-order valence-corrected chi connectivity index (χ4v) is 3.80. The number of para-hydroxylation sites is 1. The quantitative estimate of drug-likeness (QED) is 0.734. The fourth-order valence-electron chi connectivity index (χ4n) is 3.80. The van der Waals surface area contributed by atoms with Crippen molar-refractivity contribution in [3.8, 4) is 0 Å². The molecule has 1 amide bonds. The first-order chi connectivity index (χ1) is 13.4. The summed E-state index contributed by atoms with van der Waals surface area (Å²) in [6.07, 6.45) is 2.02. The van der Waals surface area contributed by atoms with Gasteiger partial charge in [0, 0.05) is 24.0 Å². The van der Waals surface area contributed by atoms with Crippen LogP contribution in [-0.2, 0) is 4.74 Å². The molecule has 6 nitrogen and oxygen atoms in total. The van der Waals surface area contributed by atoms with Crippen LogP contribution in [0.25, 0.3) is 11.0 Å². The monoisotopic (exact) mass is 379 g/mol. The average Bonchev–Trinajstić information content (AvgIpc) is 3.00. The lowest BCUT2D eigenvalue weighted by Gasteiger charge is -2.36. The number of morpholine rings is 1. The van der Waals surface area contributed by atoms with Gasteiger partial charge in [-0.1, -0.05) is 18.2 Å². The maximum atomic E-state index is 12.7. The number of ether oxygens (including phenoxy) is 1. The van der Waals surface area contributed by atoms with Crippen LogP contribution in [0.4, 0.5) is 11.5 Å². The highest BCUT2D eigenvalue weighted by molar-refractivity contribution is 6.06. The maximum absolute atomic E-state index is 12.7. The van der Waals surface area contributed by atoms with Crippen LogP contribution in [0.2, 0.25) is 0 Å². The molecule has 2 aromatic heterocycles. The maximum Gasteiger partial charge on any atom is 0.291 e. The summed E-state index contributed by atoms with van der Waals surface area (Å²) in [4.78, 5) is 19.5. The number of nitrogens with one attached hydrogen (secondary N) is 1. The van der Waals surface area contributed by atoms with Gasteiger partial charge >= 0.3 is 0 Å². The van der Waals surface area contributed by atoms with Crippen molar-refractivity contribution in [3.05, 3.63) is 53.4 Å². The number of hydrogen-bond donors (Lipinski definition) is 1. The molecule has 1 N–H and O–H groups in total. The molecule has 4 rings (SSSR count). The van der Waals surface area contributed by atoms with E-state index in [-0.39, 0.29) is 18.1 Å². The molecule has 0 saturated carbocycles. The lowest BCUT2D eigenvalue weighted by molar-refractivity contribution is -0.00545. The Kier molecular flexibility index (Phi) is 4.81. The van der Waals surface area contributed by atoms with Crippen molar-refractivity contribution < 1.29 is 13.9 Å². The molecule has 1 aliphatic heterocycles. The number of benzene rings is 1. The normalized spacial score (nSPS) is 19.8. The first-order valence-corrected chi connectivity index (χ1v) is 9.59. The minimum atomic E-state index is -0.267. The van der Waals surface area contributed by atoms with E-state index in [1.54, 1.807) is 6.20 Å². The Morgan fingerprint density at radius 2 is 1.89 bits per heavy atom. The van der Waals surface area contributed by atoms with E-state index in [1.807, 2.05) is 44.2 Å². The van der Waals surface area contributed by atoms with Crippen LogP contribution >= 0.6 is 0 Å². The van der Waals surface area contributed by atoms with Gasteiger partial charge in [0.1, 0.15) is 11.4 Å². The topological polar surface area (TPSA) is 67.6 Å². The van der Waals surface area contributed by atoms with Gasteiger partial charge in [-0.25, -0.2) is 4.98 Å². The van der Waals surface area contributed by atoms with E-state index in [2.05, 4.69) is 29.0 Å². The summed E-state index contributed by atoms with van der Waals surface area (Å²) in [7, 11) is 0. The molecule has 0 spiro atoms. The van der Waals surface area contributed by atoms with Gasteiger partial charge < -0.3 is 19.4 Å². The minimum absolute atomic E-state index is 0.171. The smallest absolute Gasteiger partial charge is 0.291 e. The third-order valence-electron chi connectivity index (χ3n) is 5.12. The Morgan fingerprint density at radius 3 is 2.54 bits per heavy atom. The van der Waals surface area contributed by atoms with Gasteiger partial charge in [-0.3, -0.25) is 4.79 Å². The van der Waals surface area contributed by atoms with Gasteiger partial charge in [0.05, 0.1) is 24.1 Å². The molecule has 1 aliphatic rings. The summed E-state index contributed by atoms with van der Waals surface area (Å²) in [5.74, 6) is 0.955.